The van der Waals surface area contributed by atoms with Crippen LogP contribution in [0.2, 0.25) is 0 Å². The first kappa shape index (κ1) is 12.1. The molecule has 0 aliphatic carbocycles. The van der Waals surface area contributed by atoms with Crippen LogP contribution in [-0.2, 0) is 9.09 Å². The Balaban J connectivity index is 3.06. The normalized spacial score (nSPS) is 15.9. The molecule has 1 atom stereocenters. The molecule has 74 valence electrons. The second kappa shape index (κ2) is 6.57. The zero-order chi connectivity index (χ0) is 9.45. The fraction of sp³-hybridized carbons (Fsp3) is 1.00. The highest BCUT2D eigenvalue weighted by Crippen LogP contribution is 2.31. The predicted molar refractivity (Wildman–Crippen MR) is 47.5 cm³/mol. The zero-order valence-corrected chi connectivity index (χ0v) is 8.00. The smallest absolute Gasteiger partial charge is 0.330 e. The molecule has 0 aliphatic heterocycles. The van der Waals surface area contributed by atoms with Gasteiger partial charge in [0.05, 0.1) is 6.61 Å². The Morgan fingerprint density at radius 3 is 2.33 bits per heavy atom. The minimum Gasteiger partial charge on any atom is -0.330 e. The second-order valence-electron chi connectivity index (χ2n) is 2.60. The van der Waals surface area contributed by atoms with E-state index < -0.39 is 7.75 Å². The Morgan fingerprint density at radius 1 is 1.25 bits per heavy atom. The molecule has 0 saturated carbocycles. The maximum Gasteiger partial charge on any atom is 0.400 e. The summed E-state index contributed by atoms with van der Waals surface area (Å²) in [5.41, 5.74) is 10.0. The van der Waals surface area contributed by atoms with E-state index in [0.717, 1.165) is 25.7 Å². The van der Waals surface area contributed by atoms with Gasteiger partial charge in [-0.3, -0.25) is 4.52 Å². The topological polar surface area (TPSA) is 98.6 Å². The van der Waals surface area contributed by atoms with Gasteiger partial charge >= 0.3 is 7.75 Å². The van der Waals surface area contributed by atoms with E-state index in [9.17, 15) is 4.57 Å². The van der Waals surface area contributed by atoms with E-state index in [2.05, 4.69) is 4.52 Å². The van der Waals surface area contributed by atoms with E-state index in [1.54, 1.807) is 0 Å². The van der Waals surface area contributed by atoms with Gasteiger partial charge in [-0.05, 0) is 19.4 Å². The van der Waals surface area contributed by atoms with Gasteiger partial charge in [-0.25, -0.2) is 10.1 Å². The largest absolute Gasteiger partial charge is 0.400 e. The molecular formula is C6H17N2O3P. The lowest BCUT2D eigenvalue weighted by Crippen LogP contribution is -2.01. The quantitative estimate of drug-likeness (QED) is 0.408. The molecule has 0 saturated heterocycles. The van der Waals surface area contributed by atoms with Gasteiger partial charge < -0.3 is 10.6 Å². The van der Waals surface area contributed by atoms with Crippen LogP contribution in [0.25, 0.3) is 0 Å². The van der Waals surface area contributed by atoms with E-state index in [0.29, 0.717) is 6.54 Å². The van der Waals surface area contributed by atoms with Crippen molar-refractivity contribution in [3.63, 3.8) is 0 Å². The van der Waals surface area contributed by atoms with Crippen molar-refractivity contribution in [1.82, 2.24) is 0 Å². The summed E-state index contributed by atoms with van der Waals surface area (Å²) in [4.78, 5) is 8.51. The Bertz CT molecular complexity index is 148. The van der Waals surface area contributed by atoms with E-state index in [1.807, 2.05) is 0 Å². The van der Waals surface area contributed by atoms with Crippen molar-refractivity contribution in [2.24, 2.45) is 11.2 Å². The van der Waals surface area contributed by atoms with E-state index in [1.165, 1.54) is 0 Å². The molecule has 0 radical (unpaired) electrons. The molecule has 5 nitrogen and oxygen atoms in total. The number of hydrogen-bond donors (Lipinski definition) is 3. The molecule has 0 rings (SSSR count). The van der Waals surface area contributed by atoms with Crippen molar-refractivity contribution in [2.75, 3.05) is 13.2 Å². The fourth-order valence-corrected chi connectivity index (χ4v) is 1.19. The summed E-state index contributed by atoms with van der Waals surface area (Å²) in [6, 6.07) is 0. The highest BCUT2D eigenvalue weighted by atomic mass is 31.2. The van der Waals surface area contributed by atoms with Crippen LogP contribution in [0.1, 0.15) is 25.7 Å². The first-order valence-electron chi connectivity index (χ1n) is 4.02. The van der Waals surface area contributed by atoms with Crippen molar-refractivity contribution < 1.29 is 14.0 Å². The monoisotopic (exact) mass is 196 g/mol. The molecule has 0 spiro atoms. The standard InChI is InChI=1S/C6H17N2O3P/c7-5-3-1-2-4-6-11-12(8,9)10/h1-7H2,(H3,8,9,10). The fourth-order valence-electron chi connectivity index (χ4n) is 0.795. The van der Waals surface area contributed by atoms with Crippen LogP contribution in [0.4, 0.5) is 0 Å². The van der Waals surface area contributed by atoms with Crippen LogP contribution in [0, 0.1) is 0 Å². The van der Waals surface area contributed by atoms with Gasteiger partial charge in [0.15, 0.2) is 0 Å². The van der Waals surface area contributed by atoms with Gasteiger partial charge in [0.2, 0.25) is 0 Å². The molecule has 0 amide bonds. The van der Waals surface area contributed by atoms with Crippen molar-refractivity contribution in [3.05, 3.63) is 0 Å². The average Bonchev–Trinajstić information content (AvgIpc) is 1.94. The van der Waals surface area contributed by atoms with Crippen molar-refractivity contribution >= 4 is 7.75 Å². The van der Waals surface area contributed by atoms with Crippen LogP contribution >= 0.6 is 7.75 Å². The molecule has 0 bridgehead atoms. The summed E-state index contributed by atoms with van der Waals surface area (Å²) >= 11 is 0. The van der Waals surface area contributed by atoms with Crippen LogP contribution in [0.5, 0.6) is 0 Å². The second-order valence-corrected chi connectivity index (χ2v) is 3.99. The lowest BCUT2D eigenvalue weighted by molar-refractivity contribution is 0.253. The minimum atomic E-state index is -3.75. The summed E-state index contributed by atoms with van der Waals surface area (Å²) in [6.07, 6.45) is 3.72. The van der Waals surface area contributed by atoms with Crippen molar-refractivity contribution in [3.8, 4) is 0 Å². The molecular weight excluding hydrogens is 179 g/mol. The van der Waals surface area contributed by atoms with Crippen LogP contribution in [-0.4, -0.2) is 18.0 Å². The Morgan fingerprint density at radius 2 is 1.83 bits per heavy atom. The molecule has 12 heavy (non-hydrogen) atoms. The minimum absolute atomic E-state index is 0.245. The van der Waals surface area contributed by atoms with Crippen LogP contribution in [0.3, 0.4) is 0 Å². The molecule has 5 N–H and O–H groups in total. The summed E-state index contributed by atoms with van der Waals surface area (Å²) in [5.74, 6) is 0. The lowest BCUT2D eigenvalue weighted by atomic mass is 10.2. The first-order chi connectivity index (χ1) is 5.56. The highest BCUT2D eigenvalue weighted by molar-refractivity contribution is 7.50. The maximum atomic E-state index is 10.4. The van der Waals surface area contributed by atoms with Gasteiger partial charge in [-0.2, -0.15) is 0 Å². The molecule has 0 aliphatic rings. The third-order valence-electron chi connectivity index (χ3n) is 1.37. The third kappa shape index (κ3) is 10.1. The Labute approximate surface area is 72.7 Å². The average molecular weight is 196 g/mol. The lowest BCUT2D eigenvalue weighted by Gasteiger charge is -2.05. The molecule has 0 aromatic rings. The highest BCUT2D eigenvalue weighted by Gasteiger charge is 2.09. The molecule has 0 fully saturated rings. The van der Waals surface area contributed by atoms with Gasteiger partial charge in [0.25, 0.3) is 0 Å². The summed E-state index contributed by atoms with van der Waals surface area (Å²) < 4.78 is 14.9. The number of nitrogens with two attached hydrogens (primary N) is 2. The summed E-state index contributed by atoms with van der Waals surface area (Å²) in [6.45, 7) is 0.936. The van der Waals surface area contributed by atoms with Gasteiger partial charge in [-0.1, -0.05) is 12.8 Å². The maximum absolute atomic E-state index is 10.4. The molecule has 1 unspecified atom stereocenters. The molecule has 0 aromatic carbocycles. The van der Waals surface area contributed by atoms with E-state index in [4.69, 9.17) is 16.1 Å². The number of rotatable bonds is 7. The molecule has 0 heterocycles. The third-order valence-corrected chi connectivity index (χ3v) is 1.93. The van der Waals surface area contributed by atoms with Crippen molar-refractivity contribution in [1.29, 1.82) is 0 Å². The van der Waals surface area contributed by atoms with Crippen LogP contribution < -0.4 is 11.2 Å². The zero-order valence-electron chi connectivity index (χ0n) is 7.11. The summed E-state index contributed by atoms with van der Waals surface area (Å²) in [5, 5.41) is 0. The Hall–Kier alpha value is 0.0700. The van der Waals surface area contributed by atoms with E-state index >= 15 is 0 Å². The van der Waals surface area contributed by atoms with Gasteiger partial charge in [0.1, 0.15) is 0 Å². The van der Waals surface area contributed by atoms with Gasteiger partial charge in [0, 0.05) is 0 Å². The SMILES string of the molecule is NCCCCCCOP(N)(=O)O. The summed E-state index contributed by atoms with van der Waals surface area (Å²) in [7, 11) is -3.75. The first-order valence-corrected chi connectivity index (χ1v) is 5.67. The van der Waals surface area contributed by atoms with E-state index in [-0.39, 0.29) is 6.61 Å². The number of unbranched alkanes of at least 4 members (excludes halogenated alkanes) is 3. The Kier molecular flexibility index (Phi) is 6.61. The van der Waals surface area contributed by atoms with Crippen molar-refractivity contribution in [2.45, 2.75) is 25.7 Å². The predicted octanol–water partition coefficient (Wildman–Crippen LogP) is 0.581. The number of hydrogen-bond acceptors (Lipinski definition) is 3. The molecule has 0 aromatic heterocycles. The van der Waals surface area contributed by atoms with Gasteiger partial charge in [-0.15, -0.1) is 0 Å². The molecule has 6 heteroatoms. The van der Waals surface area contributed by atoms with Crippen LogP contribution in [0.15, 0.2) is 0 Å².